The molecule has 0 bridgehead atoms. The smallest absolute Gasteiger partial charge is 0.275 e. The van der Waals surface area contributed by atoms with Gasteiger partial charge in [0.1, 0.15) is 0 Å². The number of likely N-dealkylation sites (N-methyl/N-ethyl adjacent to an activating group) is 1. The van der Waals surface area contributed by atoms with Crippen LogP contribution in [0.5, 0.6) is 0 Å². The van der Waals surface area contributed by atoms with E-state index in [-0.39, 0.29) is 10.6 Å². The molecule has 1 aliphatic rings. The van der Waals surface area contributed by atoms with Crippen molar-refractivity contribution < 1.29 is 4.92 Å². The van der Waals surface area contributed by atoms with E-state index in [0.29, 0.717) is 23.2 Å². The van der Waals surface area contributed by atoms with Gasteiger partial charge in [0, 0.05) is 25.2 Å². The van der Waals surface area contributed by atoms with Crippen LogP contribution in [0.15, 0.2) is 18.2 Å². The third-order valence-electron chi connectivity index (χ3n) is 3.85. The molecule has 0 saturated carbocycles. The van der Waals surface area contributed by atoms with E-state index in [1.807, 2.05) is 0 Å². The molecule has 0 aromatic heterocycles. The normalized spacial score (nSPS) is 19.2. The lowest BCUT2D eigenvalue weighted by molar-refractivity contribution is -0.385. The van der Waals surface area contributed by atoms with Crippen molar-refractivity contribution in [2.45, 2.75) is 32.4 Å². The Bertz CT molecular complexity index is 475. The Hall–Kier alpha value is -1.17. The second kappa shape index (κ2) is 7.02. The molecule has 5 nitrogen and oxygen atoms in total. The molecule has 0 aliphatic carbocycles. The fourth-order valence-electron chi connectivity index (χ4n) is 2.72. The fourth-order valence-corrected chi connectivity index (χ4v) is 2.95. The van der Waals surface area contributed by atoms with E-state index in [0.717, 1.165) is 32.5 Å². The summed E-state index contributed by atoms with van der Waals surface area (Å²) in [5, 5.41) is 15.0. The molecule has 0 radical (unpaired) electrons. The zero-order chi connectivity index (χ0) is 14.5. The van der Waals surface area contributed by atoms with Gasteiger partial charge in [-0.25, -0.2) is 0 Å². The van der Waals surface area contributed by atoms with Gasteiger partial charge in [0.2, 0.25) is 0 Å². The number of benzene rings is 1. The maximum Gasteiger partial charge on any atom is 0.275 e. The Balaban J connectivity index is 2.20. The van der Waals surface area contributed by atoms with Crippen molar-refractivity contribution >= 4 is 17.3 Å². The van der Waals surface area contributed by atoms with Crippen LogP contribution in [-0.2, 0) is 6.54 Å². The van der Waals surface area contributed by atoms with E-state index in [1.54, 1.807) is 12.1 Å². The van der Waals surface area contributed by atoms with Gasteiger partial charge in [-0.15, -0.1) is 0 Å². The topological polar surface area (TPSA) is 58.4 Å². The van der Waals surface area contributed by atoms with Gasteiger partial charge >= 0.3 is 0 Å². The van der Waals surface area contributed by atoms with Crippen LogP contribution in [0.4, 0.5) is 5.69 Å². The van der Waals surface area contributed by atoms with Crippen LogP contribution in [-0.4, -0.2) is 35.5 Å². The monoisotopic (exact) mass is 297 g/mol. The van der Waals surface area contributed by atoms with Crippen LogP contribution >= 0.6 is 11.6 Å². The number of nitro benzene ring substituents is 1. The summed E-state index contributed by atoms with van der Waals surface area (Å²) in [6, 6.07) is 5.29. The third kappa shape index (κ3) is 3.48. The number of hydrogen-bond donors (Lipinski definition) is 1. The molecule has 0 spiro atoms. The Kier molecular flexibility index (Phi) is 5.34. The minimum Gasteiger partial charge on any atom is -0.315 e. The van der Waals surface area contributed by atoms with Crippen LogP contribution in [0.2, 0.25) is 5.02 Å². The molecule has 0 amide bonds. The minimum atomic E-state index is -0.353. The van der Waals surface area contributed by atoms with Gasteiger partial charge in [0.25, 0.3) is 5.69 Å². The van der Waals surface area contributed by atoms with Crippen LogP contribution in [0.25, 0.3) is 0 Å². The van der Waals surface area contributed by atoms with Crippen molar-refractivity contribution in [3.05, 3.63) is 38.9 Å². The highest BCUT2D eigenvalue weighted by atomic mass is 35.5. The highest BCUT2D eigenvalue weighted by Gasteiger charge is 2.24. The second-order valence-electron chi connectivity index (χ2n) is 5.06. The summed E-state index contributed by atoms with van der Waals surface area (Å²) in [4.78, 5) is 13.0. The Morgan fingerprint density at radius 1 is 1.55 bits per heavy atom. The van der Waals surface area contributed by atoms with Gasteiger partial charge in [-0.2, -0.15) is 0 Å². The molecule has 1 aliphatic heterocycles. The lowest BCUT2D eigenvalue weighted by atomic mass is 10.0. The summed E-state index contributed by atoms with van der Waals surface area (Å²) in [7, 11) is 0. The number of nitrogens with zero attached hydrogens (tertiary/aromatic N) is 2. The van der Waals surface area contributed by atoms with Crippen molar-refractivity contribution in [3.8, 4) is 0 Å². The Labute approximate surface area is 124 Å². The summed E-state index contributed by atoms with van der Waals surface area (Å²) < 4.78 is 0. The van der Waals surface area contributed by atoms with E-state index in [9.17, 15) is 10.1 Å². The average molecular weight is 298 g/mol. The van der Waals surface area contributed by atoms with Crippen LogP contribution < -0.4 is 5.32 Å². The number of halogens is 1. The van der Waals surface area contributed by atoms with E-state index < -0.39 is 0 Å². The number of rotatable bonds is 5. The van der Waals surface area contributed by atoms with Gasteiger partial charge in [0.15, 0.2) is 0 Å². The minimum absolute atomic E-state index is 0.111. The first-order valence-electron chi connectivity index (χ1n) is 7.00. The Morgan fingerprint density at radius 2 is 2.35 bits per heavy atom. The highest BCUT2D eigenvalue weighted by molar-refractivity contribution is 6.31. The van der Waals surface area contributed by atoms with Crippen molar-refractivity contribution in [3.63, 3.8) is 0 Å². The molecule has 1 heterocycles. The highest BCUT2D eigenvalue weighted by Crippen LogP contribution is 2.28. The van der Waals surface area contributed by atoms with E-state index in [4.69, 9.17) is 11.6 Å². The molecule has 6 heteroatoms. The first-order valence-corrected chi connectivity index (χ1v) is 7.37. The molecule has 1 saturated heterocycles. The van der Waals surface area contributed by atoms with Crippen molar-refractivity contribution in [1.82, 2.24) is 10.2 Å². The van der Waals surface area contributed by atoms with Crippen molar-refractivity contribution in [1.29, 1.82) is 0 Å². The molecule has 2 rings (SSSR count). The van der Waals surface area contributed by atoms with Crippen molar-refractivity contribution in [2.75, 3.05) is 19.6 Å². The van der Waals surface area contributed by atoms with Crippen LogP contribution in [0.1, 0.15) is 25.3 Å². The zero-order valence-electron chi connectivity index (χ0n) is 11.6. The van der Waals surface area contributed by atoms with Gasteiger partial charge in [-0.1, -0.05) is 24.6 Å². The molecule has 1 N–H and O–H groups in total. The van der Waals surface area contributed by atoms with Gasteiger partial charge in [0.05, 0.1) is 15.5 Å². The summed E-state index contributed by atoms with van der Waals surface area (Å²) in [5.41, 5.74) is 0.728. The lowest BCUT2D eigenvalue weighted by Gasteiger charge is -2.34. The van der Waals surface area contributed by atoms with E-state index in [2.05, 4.69) is 17.1 Å². The molecular formula is C14H20ClN3O2. The molecule has 1 unspecified atom stereocenters. The number of nitro groups is 1. The maximum absolute atomic E-state index is 11.1. The van der Waals surface area contributed by atoms with Gasteiger partial charge in [-0.05, 0) is 32.0 Å². The molecule has 1 fully saturated rings. The van der Waals surface area contributed by atoms with Crippen LogP contribution in [0, 0.1) is 10.1 Å². The maximum atomic E-state index is 11.1. The van der Waals surface area contributed by atoms with E-state index in [1.165, 1.54) is 6.07 Å². The summed E-state index contributed by atoms with van der Waals surface area (Å²) in [6.45, 7) is 5.46. The SMILES string of the molecule is CCN(Cc1c(Cl)cccc1[N+](=O)[O-])C1CCCNC1. The zero-order valence-corrected chi connectivity index (χ0v) is 12.4. The standard InChI is InChI=1S/C14H20ClN3O2/c1-2-17(11-5-4-8-16-9-11)10-12-13(15)6-3-7-14(12)18(19)20/h3,6-7,11,16H,2,4-5,8-10H2,1H3. The third-order valence-corrected chi connectivity index (χ3v) is 4.20. The van der Waals surface area contributed by atoms with E-state index >= 15 is 0 Å². The number of hydrogen-bond acceptors (Lipinski definition) is 4. The molecule has 1 atom stereocenters. The first kappa shape index (κ1) is 15.2. The molecule has 1 aromatic carbocycles. The number of piperidine rings is 1. The predicted molar refractivity (Wildman–Crippen MR) is 80.1 cm³/mol. The van der Waals surface area contributed by atoms with Crippen molar-refractivity contribution in [2.24, 2.45) is 0 Å². The summed E-state index contributed by atoms with van der Waals surface area (Å²) in [6.07, 6.45) is 2.27. The Morgan fingerprint density at radius 3 is 2.95 bits per heavy atom. The number of nitrogens with one attached hydrogen (secondary N) is 1. The molecular weight excluding hydrogens is 278 g/mol. The second-order valence-corrected chi connectivity index (χ2v) is 5.47. The molecule has 20 heavy (non-hydrogen) atoms. The largest absolute Gasteiger partial charge is 0.315 e. The molecule has 110 valence electrons. The summed E-state index contributed by atoms with van der Waals surface area (Å²) in [5.74, 6) is 0. The lowest BCUT2D eigenvalue weighted by Crippen LogP contribution is -2.45. The van der Waals surface area contributed by atoms with Crippen LogP contribution in [0.3, 0.4) is 0 Å². The van der Waals surface area contributed by atoms with Gasteiger partial charge in [-0.3, -0.25) is 15.0 Å². The first-order chi connectivity index (χ1) is 9.63. The quantitative estimate of drug-likeness (QED) is 0.671. The summed E-state index contributed by atoms with van der Waals surface area (Å²) >= 11 is 6.17. The fraction of sp³-hybridized carbons (Fsp3) is 0.571. The predicted octanol–water partition coefficient (Wildman–Crippen LogP) is 2.82. The van der Waals surface area contributed by atoms with Gasteiger partial charge < -0.3 is 5.32 Å². The average Bonchev–Trinajstić information content (AvgIpc) is 2.46. The molecule has 1 aromatic rings.